The second kappa shape index (κ2) is 4.85. The third-order valence-corrected chi connectivity index (χ3v) is 3.53. The summed E-state index contributed by atoms with van der Waals surface area (Å²) in [5.74, 6) is 0.730. The Bertz CT molecular complexity index is 631. The zero-order valence-electron chi connectivity index (χ0n) is 11.4. The molecule has 19 heavy (non-hydrogen) atoms. The van der Waals surface area contributed by atoms with E-state index in [9.17, 15) is 4.79 Å². The topological polar surface area (TPSA) is 60.9 Å². The molecule has 0 saturated heterocycles. The van der Waals surface area contributed by atoms with Crippen molar-refractivity contribution in [3.63, 3.8) is 0 Å². The Morgan fingerprint density at radius 3 is 2.74 bits per heavy atom. The van der Waals surface area contributed by atoms with Crippen LogP contribution >= 0.6 is 11.6 Å². The van der Waals surface area contributed by atoms with Gasteiger partial charge in [0.25, 0.3) is 0 Å². The molecule has 0 atom stereocenters. The number of amides is 1. The molecule has 1 heterocycles. The maximum Gasteiger partial charge on any atom is 0.219 e. The van der Waals surface area contributed by atoms with E-state index in [1.54, 1.807) is 0 Å². The summed E-state index contributed by atoms with van der Waals surface area (Å²) in [6.45, 7) is 5.95. The molecule has 0 unspecified atom stereocenters. The number of hydrogen-bond donors (Lipinski definition) is 1. The van der Waals surface area contributed by atoms with Crippen LogP contribution in [0.25, 0.3) is 11.0 Å². The van der Waals surface area contributed by atoms with Gasteiger partial charge in [0.1, 0.15) is 5.82 Å². The van der Waals surface area contributed by atoms with Gasteiger partial charge in [-0.05, 0) is 32.4 Å². The Labute approximate surface area is 117 Å². The standard InChI is InChI=1S/C14H18ClN3O/c1-9-5-4-6-10-13(9)17-12(8-15)18(10)14(2,3)7-11(16)19/h4-6H,7-8H2,1-3H3,(H2,16,19). The van der Waals surface area contributed by atoms with E-state index in [1.165, 1.54) is 0 Å². The Morgan fingerprint density at radius 2 is 2.16 bits per heavy atom. The van der Waals surface area contributed by atoms with Crippen molar-refractivity contribution in [3.8, 4) is 0 Å². The third-order valence-electron chi connectivity index (χ3n) is 3.29. The zero-order chi connectivity index (χ0) is 14.2. The molecule has 0 bridgehead atoms. The van der Waals surface area contributed by atoms with Crippen LogP contribution in [0.2, 0.25) is 0 Å². The lowest BCUT2D eigenvalue weighted by Crippen LogP contribution is -2.33. The van der Waals surface area contributed by atoms with E-state index >= 15 is 0 Å². The largest absolute Gasteiger partial charge is 0.370 e. The van der Waals surface area contributed by atoms with Crippen molar-refractivity contribution in [2.45, 2.75) is 38.6 Å². The summed E-state index contributed by atoms with van der Waals surface area (Å²) in [5, 5.41) is 0. The minimum Gasteiger partial charge on any atom is -0.370 e. The second-order valence-corrected chi connectivity index (χ2v) is 5.66. The number of primary amides is 1. The molecule has 2 N–H and O–H groups in total. The van der Waals surface area contributed by atoms with E-state index in [2.05, 4.69) is 4.98 Å². The Balaban J connectivity index is 2.70. The van der Waals surface area contributed by atoms with E-state index in [0.29, 0.717) is 5.88 Å². The van der Waals surface area contributed by atoms with Gasteiger partial charge in [-0.2, -0.15) is 0 Å². The Hall–Kier alpha value is -1.55. The fourth-order valence-electron chi connectivity index (χ4n) is 2.56. The molecule has 0 fully saturated rings. The SMILES string of the molecule is Cc1cccc2c1nc(CCl)n2C(C)(C)CC(N)=O. The number of nitrogens with two attached hydrogens (primary N) is 1. The van der Waals surface area contributed by atoms with Gasteiger partial charge < -0.3 is 10.3 Å². The predicted octanol–water partition coefficient (Wildman–Crippen LogP) is 2.69. The van der Waals surface area contributed by atoms with Crippen molar-refractivity contribution in [3.05, 3.63) is 29.6 Å². The van der Waals surface area contributed by atoms with Crippen molar-refractivity contribution >= 4 is 28.5 Å². The molecule has 4 nitrogen and oxygen atoms in total. The molecule has 1 amide bonds. The summed E-state index contributed by atoms with van der Waals surface area (Å²) in [5.41, 5.74) is 7.91. The number of hydrogen-bond acceptors (Lipinski definition) is 2. The highest BCUT2D eigenvalue weighted by atomic mass is 35.5. The van der Waals surface area contributed by atoms with Crippen molar-refractivity contribution in [2.75, 3.05) is 0 Å². The van der Waals surface area contributed by atoms with Gasteiger partial charge in [-0.1, -0.05) is 12.1 Å². The van der Waals surface area contributed by atoms with Crippen LogP contribution in [0.3, 0.4) is 0 Å². The molecule has 2 aromatic rings. The summed E-state index contributed by atoms with van der Waals surface area (Å²) in [6.07, 6.45) is 0.246. The Kier molecular flexibility index (Phi) is 3.54. The number of alkyl halides is 1. The van der Waals surface area contributed by atoms with Gasteiger partial charge in [-0.25, -0.2) is 4.98 Å². The molecule has 0 saturated carbocycles. The fraction of sp³-hybridized carbons (Fsp3) is 0.429. The summed E-state index contributed by atoms with van der Waals surface area (Å²) in [6, 6.07) is 5.99. The molecular formula is C14H18ClN3O. The van der Waals surface area contributed by atoms with Crippen LogP contribution in [0.4, 0.5) is 0 Å². The minimum absolute atomic E-state index is 0.246. The van der Waals surface area contributed by atoms with Gasteiger partial charge >= 0.3 is 0 Å². The highest BCUT2D eigenvalue weighted by molar-refractivity contribution is 6.16. The van der Waals surface area contributed by atoms with Gasteiger partial charge in [0.15, 0.2) is 0 Å². The summed E-state index contributed by atoms with van der Waals surface area (Å²) in [7, 11) is 0. The highest BCUT2D eigenvalue weighted by Gasteiger charge is 2.27. The summed E-state index contributed by atoms with van der Waals surface area (Å²) >= 11 is 6.00. The monoisotopic (exact) mass is 279 g/mol. The van der Waals surface area contributed by atoms with Crippen LogP contribution in [0.15, 0.2) is 18.2 Å². The number of carbonyl (C=O) groups excluding carboxylic acids is 1. The molecule has 1 aromatic carbocycles. The molecule has 0 aliphatic rings. The molecule has 1 aromatic heterocycles. The minimum atomic E-state index is -0.446. The number of benzene rings is 1. The second-order valence-electron chi connectivity index (χ2n) is 5.40. The lowest BCUT2D eigenvalue weighted by atomic mass is 9.99. The van der Waals surface area contributed by atoms with Crippen LogP contribution in [-0.4, -0.2) is 15.5 Å². The number of halogens is 1. The van der Waals surface area contributed by atoms with E-state index < -0.39 is 5.54 Å². The molecule has 102 valence electrons. The summed E-state index contributed by atoms with van der Waals surface area (Å²) < 4.78 is 2.02. The van der Waals surface area contributed by atoms with Gasteiger partial charge in [-0.15, -0.1) is 11.6 Å². The van der Waals surface area contributed by atoms with Crippen molar-refractivity contribution in [1.29, 1.82) is 0 Å². The van der Waals surface area contributed by atoms with Crippen LogP contribution in [0.5, 0.6) is 0 Å². The lowest BCUT2D eigenvalue weighted by molar-refractivity contribution is -0.119. The van der Waals surface area contributed by atoms with Gasteiger partial charge in [0.05, 0.1) is 16.9 Å². The number of para-hydroxylation sites is 1. The molecule has 0 radical (unpaired) electrons. The number of carbonyl (C=O) groups is 1. The molecule has 2 rings (SSSR count). The van der Waals surface area contributed by atoms with Crippen LogP contribution < -0.4 is 5.73 Å². The first-order valence-electron chi connectivity index (χ1n) is 6.18. The smallest absolute Gasteiger partial charge is 0.219 e. The van der Waals surface area contributed by atoms with E-state index in [4.69, 9.17) is 17.3 Å². The summed E-state index contributed by atoms with van der Waals surface area (Å²) in [4.78, 5) is 15.9. The average molecular weight is 280 g/mol. The van der Waals surface area contributed by atoms with Gasteiger partial charge in [0.2, 0.25) is 5.91 Å². The first-order valence-corrected chi connectivity index (χ1v) is 6.72. The lowest BCUT2D eigenvalue weighted by Gasteiger charge is -2.28. The number of nitrogens with zero attached hydrogens (tertiary/aromatic N) is 2. The fourth-order valence-corrected chi connectivity index (χ4v) is 2.74. The van der Waals surface area contributed by atoms with E-state index in [-0.39, 0.29) is 12.3 Å². The maximum absolute atomic E-state index is 11.3. The highest BCUT2D eigenvalue weighted by Crippen LogP contribution is 2.30. The molecule has 0 aliphatic heterocycles. The number of imidazole rings is 1. The normalized spacial score (nSPS) is 12.0. The number of fused-ring (bicyclic) bond motifs is 1. The van der Waals surface area contributed by atoms with Crippen LogP contribution in [-0.2, 0) is 16.2 Å². The van der Waals surface area contributed by atoms with Crippen molar-refractivity contribution < 1.29 is 4.79 Å². The number of aryl methyl sites for hydroxylation is 1. The van der Waals surface area contributed by atoms with E-state index in [1.807, 2.05) is 43.5 Å². The third kappa shape index (κ3) is 2.45. The Morgan fingerprint density at radius 1 is 1.47 bits per heavy atom. The van der Waals surface area contributed by atoms with Crippen molar-refractivity contribution in [1.82, 2.24) is 9.55 Å². The molecule has 0 aliphatic carbocycles. The van der Waals surface area contributed by atoms with Gasteiger partial charge in [-0.3, -0.25) is 4.79 Å². The quantitative estimate of drug-likeness (QED) is 0.875. The first-order chi connectivity index (χ1) is 8.86. The van der Waals surface area contributed by atoms with E-state index in [0.717, 1.165) is 22.4 Å². The van der Waals surface area contributed by atoms with Crippen LogP contribution in [0, 0.1) is 6.92 Å². The molecule has 5 heteroatoms. The van der Waals surface area contributed by atoms with Gasteiger partial charge in [0, 0.05) is 12.0 Å². The van der Waals surface area contributed by atoms with Crippen LogP contribution in [0.1, 0.15) is 31.7 Å². The molecular weight excluding hydrogens is 262 g/mol. The average Bonchev–Trinajstić information content (AvgIpc) is 2.68. The predicted molar refractivity (Wildman–Crippen MR) is 77.2 cm³/mol. The molecule has 0 spiro atoms. The maximum atomic E-state index is 11.3. The zero-order valence-corrected chi connectivity index (χ0v) is 12.2. The first kappa shape index (κ1) is 13.9. The number of rotatable bonds is 4. The number of aromatic nitrogens is 2. The van der Waals surface area contributed by atoms with Crippen molar-refractivity contribution in [2.24, 2.45) is 5.73 Å².